The minimum absolute atomic E-state index is 0.181. The lowest BCUT2D eigenvalue weighted by atomic mass is 9.57. The summed E-state index contributed by atoms with van der Waals surface area (Å²) in [5.41, 5.74) is 3.93. The van der Waals surface area contributed by atoms with E-state index in [0.29, 0.717) is 12.0 Å². The molecule has 1 N–H and O–H groups in total. The fraction of sp³-hybridized carbons (Fsp3) is 0.370. The number of fused-ring (bicyclic) bond motifs is 2. The Bertz CT molecular complexity index is 1250. The summed E-state index contributed by atoms with van der Waals surface area (Å²) >= 11 is 0. The molecule has 1 saturated carbocycles. The summed E-state index contributed by atoms with van der Waals surface area (Å²) in [4.78, 5) is 0. The molecule has 0 spiro atoms. The molecule has 1 fully saturated rings. The van der Waals surface area contributed by atoms with Gasteiger partial charge in [-0.05, 0) is 97.5 Å². The smallest absolute Gasteiger partial charge is 0.200 e. The third kappa shape index (κ3) is 3.72. The van der Waals surface area contributed by atoms with Crippen molar-refractivity contribution in [2.45, 2.75) is 45.6 Å². The molecule has 0 bridgehead atoms. The Morgan fingerprint density at radius 3 is 2.71 bits per heavy atom. The van der Waals surface area contributed by atoms with Gasteiger partial charge in [0.25, 0.3) is 0 Å². The maximum absolute atomic E-state index is 14.3. The Balaban J connectivity index is 1.50. The number of benzene rings is 2. The van der Waals surface area contributed by atoms with Crippen LogP contribution in [-0.4, -0.2) is 21.5 Å². The van der Waals surface area contributed by atoms with Gasteiger partial charge in [-0.2, -0.15) is 9.49 Å². The van der Waals surface area contributed by atoms with E-state index >= 15 is 0 Å². The first kappa shape index (κ1) is 22.7. The summed E-state index contributed by atoms with van der Waals surface area (Å²) in [6, 6.07) is 8.70. The SMILES string of the molecule is CCOc1cc([C@H](O)[C@H]2CCCC3=Cc4c(cnn4-c4ccc(F)cc4)C[C@@]32C)cc(F)c1F. The Kier molecular flexibility index (Phi) is 5.76. The highest BCUT2D eigenvalue weighted by atomic mass is 19.2. The highest BCUT2D eigenvalue weighted by Crippen LogP contribution is 2.55. The molecule has 0 amide bonds. The normalized spacial score (nSPS) is 22.5. The number of aliphatic hydroxyl groups excluding tert-OH is 1. The van der Waals surface area contributed by atoms with Crippen molar-refractivity contribution < 1.29 is 23.0 Å². The maximum Gasteiger partial charge on any atom is 0.200 e. The molecule has 7 heteroatoms. The predicted molar refractivity (Wildman–Crippen MR) is 123 cm³/mol. The number of hydrogen-bond acceptors (Lipinski definition) is 3. The number of ether oxygens (including phenoxy) is 1. The second-order valence-corrected chi connectivity index (χ2v) is 9.40. The van der Waals surface area contributed by atoms with Crippen molar-refractivity contribution in [3.63, 3.8) is 0 Å². The van der Waals surface area contributed by atoms with Gasteiger partial charge in [0.2, 0.25) is 5.82 Å². The van der Waals surface area contributed by atoms with Gasteiger partial charge in [0.15, 0.2) is 11.6 Å². The van der Waals surface area contributed by atoms with Gasteiger partial charge in [-0.1, -0.05) is 12.5 Å². The zero-order valence-electron chi connectivity index (χ0n) is 19.2. The van der Waals surface area contributed by atoms with Crippen molar-refractivity contribution in [3.05, 3.63) is 82.4 Å². The van der Waals surface area contributed by atoms with Gasteiger partial charge in [-0.3, -0.25) is 0 Å². The molecule has 3 aromatic rings. The van der Waals surface area contributed by atoms with E-state index in [4.69, 9.17) is 4.74 Å². The van der Waals surface area contributed by atoms with Gasteiger partial charge < -0.3 is 9.84 Å². The lowest BCUT2D eigenvalue weighted by Crippen LogP contribution is -2.40. The zero-order valence-corrected chi connectivity index (χ0v) is 19.2. The molecule has 2 aliphatic rings. The van der Waals surface area contributed by atoms with Crippen molar-refractivity contribution >= 4 is 6.08 Å². The molecule has 5 rings (SSSR count). The second-order valence-electron chi connectivity index (χ2n) is 9.40. The average molecular weight is 469 g/mol. The van der Waals surface area contributed by atoms with Crippen LogP contribution in [0.1, 0.15) is 56.0 Å². The molecule has 2 aromatic carbocycles. The van der Waals surface area contributed by atoms with E-state index < -0.39 is 17.7 Å². The number of aliphatic hydroxyl groups is 1. The molecular weight excluding hydrogens is 441 g/mol. The molecule has 4 nitrogen and oxygen atoms in total. The van der Waals surface area contributed by atoms with Crippen molar-refractivity contribution in [2.75, 3.05) is 6.61 Å². The quantitative estimate of drug-likeness (QED) is 0.487. The highest BCUT2D eigenvalue weighted by molar-refractivity contribution is 5.61. The van der Waals surface area contributed by atoms with E-state index in [9.17, 15) is 18.3 Å². The Morgan fingerprint density at radius 2 is 1.97 bits per heavy atom. The molecule has 178 valence electrons. The van der Waals surface area contributed by atoms with Crippen LogP contribution in [0.5, 0.6) is 5.75 Å². The molecule has 1 aromatic heterocycles. The first-order valence-corrected chi connectivity index (χ1v) is 11.7. The van der Waals surface area contributed by atoms with Crippen molar-refractivity contribution in [2.24, 2.45) is 11.3 Å². The molecule has 1 heterocycles. The lowest BCUT2D eigenvalue weighted by molar-refractivity contribution is 0.0213. The van der Waals surface area contributed by atoms with Crippen LogP contribution < -0.4 is 4.74 Å². The van der Waals surface area contributed by atoms with Crippen LogP contribution in [0.4, 0.5) is 13.2 Å². The fourth-order valence-corrected chi connectivity index (χ4v) is 5.62. The number of hydrogen-bond donors (Lipinski definition) is 1. The van der Waals surface area contributed by atoms with Gasteiger partial charge >= 0.3 is 0 Å². The van der Waals surface area contributed by atoms with Crippen molar-refractivity contribution in [1.29, 1.82) is 0 Å². The number of aromatic nitrogens is 2. The molecular formula is C27H27F3N2O2. The van der Waals surface area contributed by atoms with E-state index in [2.05, 4.69) is 18.1 Å². The number of rotatable bonds is 5. The van der Waals surface area contributed by atoms with E-state index in [1.165, 1.54) is 23.8 Å². The number of allylic oxidation sites excluding steroid dienone is 1. The highest BCUT2D eigenvalue weighted by Gasteiger charge is 2.46. The molecule has 0 aliphatic heterocycles. The van der Waals surface area contributed by atoms with Crippen LogP contribution in [0.15, 0.2) is 48.2 Å². The van der Waals surface area contributed by atoms with Crippen LogP contribution in [-0.2, 0) is 6.42 Å². The van der Waals surface area contributed by atoms with Crippen molar-refractivity contribution in [3.8, 4) is 11.4 Å². The van der Waals surface area contributed by atoms with Crippen LogP contribution in [0.25, 0.3) is 11.8 Å². The monoisotopic (exact) mass is 468 g/mol. The number of nitrogens with zero attached hydrogens (tertiary/aromatic N) is 2. The molecule has 0 radical (unpaired) electrons. The summed E-state index contributed by atoms with van der Waals surface area (Å²) in [6.07, 6.45) is 6.17. The summed E-state index contributed by atoms with van der Waals surface area (Å²) in [5.74, 6) is -2.73. The molecule has 3 atom stereocenters. The fourth-order valence-electron chi connectivity index (χ4n) is 5.62. The largest absolute Gasteiger partial charge is 0.491 e. The van der Waals surface area contributed by atoms with Crippen molar-refractivity contribution in [1.82, 2.24) is 9.78 Å². The van der Waals surface area contributed by atoms with Crippen LogP contribution in [0.3, 0.4) is 0 Å². The minimum atomic E-state index is -1.04. The van der Waals surface area contributed by atoms with Gasteiger partial charge in [-0.15, -0.1) is 0 Å². The predicted octanol–water partition coefficient (Wildman–Crippen LogP) is 6.17. The second kappa shape index (κ2) is 8.62. The summed E-state index contributed by atoms with van der Waals surface area (Å²) < 4.78 is 48.9. The van der Waals surface area contributed by atoms with E-state index in [-0.39, 0.29) is 29.5 Å². The third-order valence-corrected chi connectivity index (χ3v) is 7.38. The summed E-state index contributed by atoms with van der Waals surface area (Å²) in [6.45, 7) is 4.03. The van der Waals surface area contributed by atoms with Crippen LogP contribution in [0.2, 0.25) is 0 Å². The Morgan fingerprint density at radius 1 is 1.21 bits per heavy atom. The van der Waals surface area contributed by atoms with Gasteiger partial charge in [-0.25, -0.2) is 13.5 Å². The Labute approximate surface area is 196 Å². The molecule has 0 unspecified atom stereocenters. The Hall–Kier alpha value is -3.06. The molecule has 34 heavy (non-hydrogen) atoms. The first-order valence-electron chi connectivity index (χ1n) is 11.7. The minimum Gasteiger partial charge on any atom is -0.491 e. The van der Waals surface area contributed by atoms with E-state index in [1.54, 1.807) is 19.1 Å². The maximum atomic E-state index is 14.3. The average Bonchev–Trinajstić information content (AvgIpc) is 3.22. The summed E-state index contributed by atoms with van der Waals surface area (Å²) in [7, 11) is 0. The zero-order chi connectivity index (χ0) is 24.0. The number of halogens is 3. The van der Waals surface area contributed by atoms with Gasteiger partial charge in [0.05, 0.1) is 30.3 Å². The summed E-state index contributed by atoms with van der Waals surface area (Å²) in [5, 5.41) is 15.9. The van der Waals surface area contributed by atoms with Gasteiger partial charge in [0.1, 0.15) is 5.82 Å². The third-order valence-electron chi connectivity index (χ3n) is 7.38. The molecule has 0 saturated heterocycles. The van der Waals surface area contributed by atoms with Crippen LogP contribution >= 0.6 is 0 Å². The first-order chi connectivity index (χ1) is 16.3. The van der Waals surface area contributed by atoms with Crippen LogP contribution in [0, 0.1) is 28.8 Å². The van der Waals surface area contributed by atoms with E-state index in [1.807, 2.05) is 10.9 Å². The lowest BCUT2D eigenvalue weighted by Gasteiger charge is -2.47. The molecule has 2 aliphatic carbocycles. The van der Waals surface area contributed by atoms with Gasteiger partial charge in [0, 0.05) is 0 Å². The van der Waals surface area contributed by atoms with E-state index in [0.717, 1.165) is 42.3 Å². The topological polar surface area (TPSA) is 47.3 Å². The standard InChI is InChI=1S/C27H27F3N2O2/c1-3-34-24-12-16(11-22(29)25(24)30)26(33)21-6-4-5-18-13-23-17(14-27(18,21)2)15-31-32(23)20-9-7-19(28)8-10-20/h7-13,15,21,26,33H,3-6,14H2,1-2H3/t21-,26+,27+/m1/s1.